The van der Waals surface area contributed by atoms with Crippen LogP contribution in [0.4, 0.5) is 11.6 Å². The van der Waals surface area contributed by atoms with Crippen LogP contribution in [0.5, 0.6) is 0 Å². The standard InChI is InChI=1S/C15H17ClN6O2/c16-12-10-18-22-14(12)19-13(20-1-5-23-6-2-20)11(9-17)15(22)21-3-7-24-8-4-21/h10H,1-8H2. The molecule has 2 aliphatic rings. The Balaban J connectivity index is 1.91. The molecular weight excluding hydrogens is 332 g/mol. The van der Waals surface area contributed by atoms with Crippen LogP contribution < -0.4 is 9.80 Å². The molecule has 24 heavy (non-hydrogen) atoms. The molecule has 2 aromatic heterocycles. The van der Waals surface area contributed by atoms with E-state index in [0.717, 1.165) is 5.82 Å². The second-order valence-electron chi connectivity index (χ2n) is 5.67. The van der Waals surface area contributed by atoms with Gasteiger partial charge in [-0.3, -0.25) is 0 Å². The fraction of sp³-hybridized carbons (Fsp3) is 0.533. The van der Waals surface area contributed by atoms with Crippen LogP contribution in [0.25, 0.3) is 5.65 Å². The molecule has 126 valence electrons. The second kappa shape index (κ2) is 6.43. The Bertz CT molecular complexity index is 789. The van der Waals surface area contributed by atoms with E-state index in [1.54, 1.807) is 10.7 Å². The lowest BCUT2D eigenvalue weighted by atomic mass is 10.2. The highest BCUT2D eigenvalue weighted by Crippen LogP contribution is 2.32. The van der Waals surface area contributed by atoms with Gasteiger partial charge >= 0.3 is 0 Å². The maximum absolute atomic E-state index is 9.85. The molecule has 0 saturated carbocycles. The summed E-state index contributed by atoms with van der Waals surface area (Å²) in [5.41, 5.74) is 1.09. The van der Waals surface area contributed by atoms with Crippen molar-refractivity contribution in [2.75, 3.05) is 62.4 Å². The van der Waals surface area contributed by atoms with Gasteiger partial charge in [0.1, 0.15) is 16.7 Å². The van der Waals surface area contributed by atoms with Gasteiger partial charge in [0.25, 0.3) is 0 Å². The van der Waals surface area contributed by atoms with Crippen LogP contribution >= 0.6 is 11.6 Å². The van der Waals surface area contributed by atoms with Gasteiger partial charge in [-0.05, 0) is 0 Å². The predicted molar refractivity (Wildman–Crippen MR) is 88.8 cm³/mol. The van der Waals surface area contributed by atoms with E-state index in [1.165, 1.54) is 0 Å². The molecule has 0 amide bonds. The smallest absolute Gasteiger partial charge is 0.178 e. The Morgan fingerprint density at radius 2 is 1.67 bits per heavy atom. The number of rotatable bonds is 2. The van der Waals surface area contributed by atoms with Crippen molar-refractivity contribution in [2.24, 2.45) is 0 Å². The molecule has 8 nitrogen and oxygen atoms in total. The lowest BCUT2D eigenvalue weighted by Gasteiger charge is -2.33. The minimum atomic E-state index is 0.475. The molecule has 0 aliphatic carbocycles. The first kappa shape index (κ1) is 15.4. The van der Waals surface area contributed by atoms with E-state index in [2.05, 4.69) is 26.0 Å². The number of aromatic nitrogens is 3. The van der Waals surface area contributed by atoms with Gasteiger partial charge in [0.05, 0.1) is 32.6 Å². The number of morpholine rings is 2. The van der Waals surface area contributed by atoms with Crippen LogP contribution in [0.15, 0.2) is 6.20 Å². The summed E-state index contributed by atoms with van der Waals surface area (Å²) >= 11 is 6.27. The van der Waals surface area contributed by atoms with Crippen LogP contribution in [0.2, 0.25) is 5.02 Å². The summed E-state index contributed by atoms with van der Waals surface area (Å²) in [7, 11) is 0. The van der Waals surface area contributed by atoms with Gasteiger partial charge in [-0.15, -0.1) is 0 Å². The fourth-order valence-electron chi connectivity index (χ4n) is 3.11. The number of nitriles is 1. The molecule has 2 fully saturated rings. The first-order valence-corrected chi connectivity index (χ1v) is 8.30. The van der Waals surface area contributed by atoms with Gasteiger partial charge < -0.3 is 19.3 Å². The van der Waals surface area contributed by atoms with Gasteiger partial charge in [-0.2, -0.15) is 14.9 Å². The summed E-state index contributed by atoms with van der Waals surface area (Å²) in [6, 6.07) is 2.33. The van der Waals surface area contributed by atoms with Crippen molar-refractivity contribution in [1.82, 2.24) is 14.6 Å². The molecular formula is C15H17ClN6O2. The molecule has 0 bridgehead atoms. The fourth-order valence-corrected chi connectivity index (χ4v) is 3.28. The lowest BCUT2D eigenvalue weighted by molar-refractivity contribution is 0.121. The van der Waals surface area contributed by atoms with E-state index in [0.29, 0.717) is 74.7 Å². The van der Waals surface area contributed by atoms with Crippen molar-refractivity contribution >= 4 is 28.9 Å². The number of halogens is 1. The first-order valence-electron chi connectivity index (χ1n) is 7.92. The summed E-state index contributed by atoms with van der Waals surface area (Å²) in [6.07, 6.45) is 1.57. The van der Waals surface area contributed by atoms with E-state index < -0.39 is 0 Å². The van der Waals surface area contributed by atoms with Crippen LogP contribution in [0.3, 0.4) is 0 Å². The molecule has 9 heteroatoms. The van der Waals surface area contributed by atoms with Crippen LogP contribution in [0, 0.1) is 11.3 Å². The highest BCUT2D eigenvalue weighted by molar-refractivity contribution is 6.33. The SMILES string of the molecule is N#Cc1c(N2CCOCC2)nc2c(Cl)cnn2c1N1CCOCC1. The normalized spacial score (nSPS) is 18.8. The van der Waals surface area contributed by atoms with Gasteiger partial charge in [-0.1, -0.05) is 11.6 Å². The predicted octanol–water partition coefficient (Wildman–Crippen LogP) is 0.928. The van der Waals surface area contributed by atoms with Crippen molar-refractivity contribution in [3.8, 4) is 6.07 Å². The van der Waals surface area contributed by atoms with Crippen molar-refractivity contribution < 1.29 is 9.47 Å². The third kappa shape index (κ3) is 2.55. The molecule has 0 spiro atoms. The zero-order valence-electron chi connectivity index (χ0n) is 13.1. The van der Waals surface area contributed by atoms with E-state index in [-0.39, 0.29) is 0 Å². The number of anilines is 2. The third-order valence-electron chi connectivity index (χ3n) is 4.29. The lowest BCUT2D eigenvalue weighted by Crippen LogP contribution is -2.40. The average molecular weight is 349 g/mol. The van der Waals surface area contributed by atoms with Gasteiger partial charge in [0, 0.05) is 26.2 Å². The van der Waals surface area contributed by atoms with E-state index in [1.807, 2.05) is 0 Å². The first-order chi connectivity index (χ1) is 11.8. The van der Waals surface area contributed by atoms with Crippen molar-refractivity contribution in [2.45, 2.75) is 0 Å². The molecule has 2 saturated heterocycles. The molecule has 0 aromatic carbocycles. The molecule has 2 aromatic rings. The number of hydrogen-bond acceptors (Lipinski definition) is 7. The highest BCUT2D eigenvalue weighted by Gasteiger charge is 2.27. The monoisotopic (exact) mass is 348 g/mol. The number of fused-ring (bicyclic) bond motifs is 1. The molecule has 0 N–H and O–H groups in total. The van der Waals surface area contributed by atoms with E-state index in [9.17, 15) is 5.26 Å². The van der Waals surface area contributed by atoms with Crippen LogP contribution in [0.1, 0.15) is 5.56 Å². The van der Waals surface area contributed by atoms with Gasteiger partial charge in [-0.25, -0.2) is 4.98 Å². The average Bonchev–Trinajstić information content (AvgIpc) is 3.02. The summed E-state index contributed by atoms with van der Waals surface area (Å²) in [4.78, 5) is 8.84. The van der Waals surface area contributed by atoms with Crippen molar-refractivity contribution in [1.29, 1.82) is 5.26 Å². The van der Waals surface area contributed by atoms with Gasteiger partial charge in [0.2, 0.25) is 0 Å². The second-order valence-corrected chi connectivity index (χ2v) is 6.08. The van der Waals surface area contributed by atoms with Crippen molar-refractivity contribution in [3.63, 3.8) is 0 Å². The zero-order chi connectivity index (χ0) is 16.5. The minimum Gasteiger partial charge on any atom is -0.378 e. The quantitative estimate of drug-likeness (QED) is 0.798. The number of ether oxygens (including phenoxy) is 2. The van der Waals surface area contributed by atoms with E-state index >= 15 is 0 Å². The largest absolute Gasteiger partial charge is 0.378 e. The summed E-state index contributed by atoms with van der Waals surface area (Å²) < 4.78 is 12.5. The number of nitrogens with zero attached hydrogens (tertiary/aromatic N) is 6. The molecule has 0 atom stereocenters. The molecule has 2 aliphatic heterocycles. The Morgan fingerprint density at radius 3 is 2.29 bits per heavy atom. The highest BCUT2D eigenvalue weighted by atomic mass is 35.5. The Labute approximate surface area is 144 Å². The maximum atomic E-state index is 9.85. The molecule has 4 heterocycles. The van der Waals surface area contributed by atoms with Crippen LogP contribution in [-0.2, 0) is 9.47 Å². The van der Waals surface area contributed by atoms with E-state index in [4.69, 9.17) is 21.1 Å². The Hall–Kier alpha value is -2.08. The summed E-state index contributed by atoms with van der Waals surface area (Å²) in [5, 5.41) is 14.7. The molecule has 4 rings (SSSR count). The Kier molecular flexibility index (Phi) is 4.14. The number of hydrogen-bond donors (Lipinski definition) is 0. The summed E-state index contributed by atoms with van der Waals surface area (Å²) in [5.74, 6) is 1.39. The van der Waals surface area contributed by atoms with Gasteiger partial charge in [0.15, 0.2) is 17.3 Å². The van der Waals surface area contributed by atoms with Crippen molar-refractivity contribution in [3.05, 3.63) is 16.8 Å². The minimum absolute atomic E-state index is 0.475. The topological polar surface area (TPSA) is 78.9 Å². The molecule has 0 unspecified atom stereocenters. The van der Waals surface area contributed by atoms with Crippen LogP contribution in [-0.4, -0.2) is 67.2 Å². The molecule has 0 radical (unpaired) electrons. The maximum Gasteiger partial charge on any atom is 0.178 e. The third-order valence-corrected chi connectivity index (χ3v) is 4.56. The summed E-state index contributed by atoms with van der Waals surface area (Å²) in [6.45, 7) is 5.29. The Morgan fingerprint density at radius 1 is 1.04 bits per heavy atom. The zero-order valence-corrected chi connectivity index (χ0v) is 13.9.